The summed E-state index contributed by atoms with van der Waals surface area (Å²) in [6.07, 6.45) is 0.667. The van der Waals surface area contributed by atoms with E-state index in [4.69, 9.17) is 11.0 Å². The number of nitrogens with zero attached hydrogens (tertiary/aromatic N) is 1. The summed E-state index contributed by atoms with van der Waals surface area (Å²) in [5, 5.41) is 8.26. The van der Waals surface area contributed by atoms with Crippen LogP contribution in [0.25, 0.3) is 0 Å². The van der Waals surface area contributed by atoms with Gasteiger partial charge in [-0.15, -0.1) is 0 Å². The number of nitrogens with two attached hydrogens (primary N) is 1. The molecule has 0 aromatic rings. The van der Waals surface area contributed by atoms with Gasteiger partial charge in [0.15, 0.2) is 0 Å². The summed E-state index contributed by atoms with van der Waals surface area (Å²) in [7, 11) is 0. The van der Waals surface area contributed by atoms with Crippen molar-refractivity contribution >= 4 is 0 Å². The first-order chi connectivity index (χ1) is 4.20. The third-order valence-electron chi connectivity index (χ3n) is 1.77. The number of hydrogen-bond donors (Lipinski definition) is 1. The molecule has 0 bridgehead atoms. The molecule has 1 rings (SSSR count). The van der Waals surface area contributed by atoms with Crippen LogP contribution in [0.15, 0.2) is 0 Å². The van der Waals surface area contributed by atoms with Crippen LogP contribution in [0.5, 0.6) is 0 Å². The highest BCUT2D eigenvalue weighted by Crippen LogP contribution is 2.39. The van der Waals surface area contributed by atoms with Crippen molar-refractivity contribution < 1.29 is 4.39 Å². The van der Waals surface area contributed by atoms with E-state index in [0.717, 1.165) is 0 Å². The van der Waals surface area contributed by atoms with Crippen LogP contribution in [0.3, 0.4) is 0 Å². The van der Waals surface area contributed by atoms with Crippen LogP contribution in [0, 0.1) is 17.2 Å². The van der Waals surface area contributed by atoms with Crippen molar-refractivity contribution in [3.63, 3.8) is 0 Å². The minimum absolute atomic E-state index is 0.0607. The number of alkyl halides is 1. The molecule has 0 aromatic heterocycles. The molecule has 0 amide bonds. The average molecular weight is 128 g/mol. The molecule has 1 saturated carbocycles. The van der Waals surface area contributed by atoms with Crippen molar-refractivity contribution in [1.29, 1.82) is 5.26 Å². The van der Waals surface area contributed by atoms with E-state index in [0.29, 0.717) is 12.8 Å². The predicted octanol–water partition coefficient (Wildman–Crippen LogP) is 0.587. The Balaban J connectivity index is 2.34. The molecule has 0 aromatic carbocycles. The highest BCUT2D eigenvalue weighted by atomic mass is 19.1. The van der Waals surface area contributed by atoms with E-state index in [2.05, 4.69) is 0 Å². The highest BCUT2D eigenvalue weighted by Gasteiger charge is 2.43. The Morgan fingerprint density at radius 1 is 1.78 bits per heavy atom. The van der Waals surface area contributed by atoms with Crippen molar-refractivity contribution in [3.05, 3.63) is 0 Å². The second-order valence-corrected chi connectivity index (χ2v) is 2.59. The van der Waals surface area contributed by atoms with Crippen molar-refractivity contribution in [1.82, 2.24) is 0 Å². The zero-order valence-electron chi connectivity index (χ0n) is 5.10. The Morgan fingerprint density at radius 3 is 2.67 bits per heavy atom. The maximum absolute atomic E-state index is 12.8. The summed E-state index contributed by atoms with van der Waals surface area (Å²) in [6, 6.07) is 2.00. The van der Waals surface area contributed by atoms with Gasteiger partial charge in [-0.2, -0.15) is 5.26 Å². The summed E-state index contributed by atoms with van der Waals surface area (Å²) in [5.41, 5.74) is 3.89. The van der Waals surface area contributed by atoms with E-state index in [1.165, 1.54) is 0 Å². The lowest BCUT2D eigenvalue weighted by molar-refractivity contribution is 0.0404. The molecule has 0 radical (unpaired) electrons. The molecule has 0 atom stereocenters. The zero-order valence-corrected chi connectivity index (χ0v) is 5.10. The summed E-state index contributed by atoms with van der Waals surface area (Å²) in [4.78, 5) is 0. The maximum Gasteiger partial charge on any atom is 0.125 e. The molecule has 2 N–H and O–H groups in total. The molecule has 2 nitrogen and oxygen atoms in total. The molecule has 0 saturated heterocycles. The second kappa shape index (κ2) is 1.96. The van der Waals surface area contributed by atoms with Crippen LogP contribution < -0.4 is 5.73 Å². The quantitative estimate of drug-likeness (QED) is 0.561. The molecular formula is C6H9FN2. The number of halogens is 1. The molecule has 0 heterocycles. The third kappa shape index (κ3) is 1.03. The lowest BCUT2D eigenvalue weighted by Crippen LogP contribution is -2.45. The van der Waals surface area contributed by atoms with Gasteiger partial charge in [-0.25, -0.2) is 4.39 Å². The molecular weight excluding hydrogens is 119 g/mol. The van der Waals surface area contributed by atoms with Gasteiger partial charge in [-0.05, 0) is 12.8 Å². The summed E-state index contributed by atoms with van der Waals surface area (Å²) in [5.74, 6) is -0.0847. The minimum Gasteiger partial charge on any atom is -0.328 e. The van der Waals surface area contributed by atoms with Crippen LogP contribution in [0.1, 0.15) is 12.8 Å². The van der Waals surface area contributed by atoms with Crippen molar-refractivity contribution in [2.45, 2.75) is 18.5 Å². The largest absolute Gasteiger partial charge is 0.328 e. The fraction of sp³-hybridized carbons (Fsp3) is 0.833. The van der Waals surface area contributed by atoms with Crippen molar-refractivity contribution in [2.75, 3.05) is 6.54 Å². The average Bonchev–Trinajstić information content (AvgIpc) is 1.81. The molecule has 1 aliphatic carbocycles. The predicted molar refractivity (Wildman–Crippen MR) is 31.2 cm³/mol. The van der Waals surface area contributed by atoms with E-state index in [-0.39, 0.29) is 12.5 Å². The number of rotatable bonds is 1. The Labute approximate surface area is 53.5 Å². The molecule has 1 aliphatic rings. The van der Waals surface area contributed by atoms with Gasteiger partial charge in [-0.1, -0.05) is 0 Å². The Morgan fingerprint density at radius 2 is 2.33 bits per heavy atom. The smallest absolute Gasteiger partial charge is 0.125 e. The summed E-state index contributed by atoms with van der Waals surface area (Å²) in [6.45, 7) is 0.0607. The summed E-state index contributed by atoms with van der Waals surface area (Å²) < 4.78 is 12.8. The van der Waals surface area contributed by atoms with Gasteiger partial charge >= 0.3 is 0 Å². The topological polar surface area (TPSA) is 49.8 Å². The van der Waals surface area contributed by atoms with Gasteiger partial charge in [0.1, 0.15) is 5.67 Å². The second-order valence-electron chi connectivity index (χ2n) is 2.59. The van der Waals surface area contributed by atoms with E-state index in [1.807, 2.05) is 6.07 Å². The summed E-state index contributed by atoms with van der Waals surface area (Å²) >= 11 is 0. The van der Waals surface area contributed by atoms with Crippen molar-refractivity contribution in [2.24, 2.45) is 11.7 Å². The molecule has 1 fully saturated rings. The standard InChI is InChI=1S/C6H9FN2/c7-6(4-9)1-5(2-6)3-8/h5H,1-2,4,9H2. The van der Waals surface area contributed by atoms with Gasteiger partial charge in [-0.3, -0.25) is 0 Å². The van der Waals surface area contributed by atoms with Crippen LogP contribution in [0.4, 0.5) is 4.39 Å². The van der Waals surface area contributed by atoms with Gasteiger partial charge in [0.05, 0.1) is 12.0 Å². The normalized spacial score (nSPS) is 41.2. The van der Waals surface area contributed by atoms with Crippen LogP contribution in [0.2, 0.25) is 0 Å². The van der Waals surface area contributed by atoms with Crippen LogP contribution >= 0.6 is 0 Å². The van der Waals surface area contributed by atoms with Crippen LogP contribution in [-0.2, 0) is 0 Å². The minimum atomic E-state index is -1.21. The molecule has 3 heteroatoms. The Kier molecular flexibility index (Phi) is 1.42. The first kappa shape index (κ1) is 6.50. The lowest BCUT2D eigenvalue weighted by Gasteiger charge is -2.36. The van der Waals surface area contributed by atoms with Gasteiger partial charge in [0.25, 0.3) is 0 Å². The first-order valence-corrected chi connectivity index (χ1v) is 2.99. The SMILES string of the molecule is N#CC1CC(F)(CN)C1. The third-order valence-corrected chi connectivity index (χ3v) is 1.77. The zero-order chi connectivity index (χ0) is 6.91. The lowest BCUT2D eigenvalue weighted by atomic mass is 9.73. The van der Waals surface area contributed by atoms with E-state index in [1.54, 1.807) is 0 Å². The van der Waals surface area contributed by atoms with Gasteiger partial charge in [0, 0.05) is 6.54 Å². The van der Waals surface area contributed by atoms with Gasteiger partial charge < -0.3 is 5.73 Å². The number of nitriles is 1. The van der Waals surface area contributed by atoms with Crippen molar-refractivity contribution in [3.8, 4) is 6.07 Å². The molecule has 0 unspecified atom stereocenters. The Hall–Kier alpha value is -0.620. The maximum atomic E-state index is 12.8. The first-order valence-electron chi connectivity index (χ1n) is 2.99. The molecule has 0 spiro atoms. The molecule has 50 valence electrons. The molecule has 9 heavy (non-hydrogen) atoms. The molecule has 0 aliphatic heterocycles. The van der Waals surface area contributed by atoms with E-state index < -0.39 is 5.67 Å². The fourth-order valence-electron chi connectivity index (χ4n) is 1.08. The number of hydrogen-bond acceptors (Lipinski definition) is 2. The monoisotopic (exact) mass is 128 g/mol. The van der Waals surface area contributed by atoms with Gasteiger partial charge in [0.2, 0.25) is 0 Å². The van der Waals surface area contributed by atoms with E-state index in [9.17, 15) is 4.39 Å². The highest BCUT2D eigenvalue weighted by molar-refractivity contribution is 5.04. The van der Waals surface area contributed by atoms with E-state index >= 15 is 0 Å². The van der Waals surface area contributed by atoms with Crippen LogP contribution in [-0.4, -0.2) is 12.2 Å². The fourth-order valence-corrected chi connectivity index (χ4v) is 1.08. The Bertz CT molecular complexity index is 144.